The van der Waals surface area contributed by atoms with Crippen LogP contribution in [0.2, 0.25) is 0 Å². The first-order chi connectivity index (χ1) is 9.70. The third kappa shape index (κ3) is 3.82. The van der Waals surface area contributed by atoms with Gasteiger partial charge in [0.2, 0.25) is 0 Å². The molecule has 2 aromatic rings. The number of benzene rings is 1. The van der Waals surface area contributed by atoms with E-state index in [1.165, 1.54) is 48.3 Å². The minimum absolute atomic E-state index is 0.0239. The average molecular weight is 350 g/mol. The van der Waals surface area contributed by atoms with Crippen LogP contribution >= 0.6 is 10.7 Å². The molecule has 10 heteroatoms. The maximum atomic E-state index is 12.0. The quantitative estimate of drug-likeness (QED) is 0.806. The van der Waals surface area contributed by atoms with Crippen molar-refractivity contribution in [2.24, 2.45) is 7.05 Å². The Morgan fingerprint density at radius 2 is 1.76 bits per heavy atom. The number of hydrogen-bond acceptors (Lipinski definition) is 5. The molecule has 0 atom stereocenters. The van der Waals surface area contributed by atoms with Gasteiger partial charge in [-0.1, -0.05) is 12.1 Å². The van der Waals surface area contributed by atoms with Crippen LogP contribution < -0.4 is 4.72 Å². The summed E-state index contributed by atoms with van der Waals surface area (Å²) < 4.78 is 49.9. The first-order valence-corrected chi connectivity index (χ1v) is 9.51. The molecule has 7 nitrogen and oxygen atoms in total. The maximum Gasteiger partial charge on any atom is 0.261 e. The van der Waals surface area contributed by atoms with Gasteiger partial charge in [0.05, 0.1) is 11.1 Å². The second-order valence-electron chi connectivity index (χ2n) is 4.20. The lowest BCUT2D eigenvalue weighted by molar-refractivity contribution is 0.562. The number of sulfonamides is 1. The smallest absolute Gasteiger partial charge is 0.256 e. The summed E-state index contributed by atoms with van der Waals surface area (Å²) in [5.41, 5.74) is 0.602. The molecule has 2 rings (SSSR count). The first-order valence-electron chi connectivity index (χ1n) is 5.71. The van der Waals surface area contributed by atoms with Crippen molar-refractivity contribution in [2.75, 3.05) is 0 Å². The second-order valence-corrected chi connectivity index (χ2v) is 8.48. The van der Waals surface area contributed by atoms with Crippen molar-refractivity contribution in [1.29, 1.82) is 0 Å². The number of nitrogens with one attached hydrogen (secondary N) is 1. The Labute approximate surface area is 127 Å². The average Bonchev–Trinajstić information content (AvgIpc) is 2.83. The molecule has 0 aliphatic carbocycles. The summed E-state index contributed by atoms with van der Waals surface area (Å²) in [5.74, 6) is 0. The van der Waals surface area contributed by atoms with Gasteiger partial charge >= 0.3 is 0 Å². The van der Waals surface area contributed by atoms with Crippen LogP contribution in [0.25, 0.3) is 0 Å². The lowest BCUT2D eigenvalue weighted by Crippen LogP contribution is -2.25. The molecule has 1 heterocycles. The lowest BCUT2D eigenvalue weighted by Gasteiger charge is -2.07. The Bertz CT molecular complexity index is 842. The molecular formula is C11H12ClN3O4S2. The molecule has 0 spiro atoms. The molecule has 114 valence electrons. The normalized spacial score (nSPS) is 12.5. The van der Waals surface area contributed by atoms with Crippen molar-refractivity contribution in [3.8, 4) is 0 Å². The summed E-state index contributed by atoms with van der Waals surface area (Å²) in [6.07, 6.45) is 1.38. The van der Waals surface area contributed by atoms with Crippen molar-refractivity contribution in [2.45, 2.75) is 16.5 Å². The fourth-order valence-corrected chi connectivity index (χ4v) is 3.56. The van der Waals surface area contributed by atoms with Crippen molar-refractivity contribution in [1.82, 2.24) is 14.5 Å². The summed E-state index contributed by atoms with van der Waals surface area (Å²) in [6.45, 7) is 0.0239. The molecule has 0 radical (unpaired) electrons. The van der Waals surface area contributed by atoms with Gasteiger partial charge in [-0.25, -0.2) is 21.6 Å². The predicted molar refractivity (Wildman–Crippen MR) is 76.7 cm³/mol. The van der Waals surface area contributed by atoms with Crippen LogP contribution in [-0.2, 0) is 32.7 Å². The van der Waals surface area contributed by atoms with Crippen LogP contribution in [0.15, 0.2) is 46.5 Å². The molecule has 0 aliphatic heterocycles. The van der Waals surface area contributed by atoms with Gasteiger partial charge in [-0.15, -0.1) is 0 Å². The molecule has 0 bridgehead atoms. The zero-order chi connectivity index (χ0) is 15.7. The van der Waals surface area contributed by atoms with Gasteiger partial charge in [0.25, 0.3) is 19.1 Å². The zero-order valence-corrected chi connectivity index (χ0v) is 13.3. The van der Waals surface area contributed by atoms with Gasteiger partial charge in [0, 0.05) is 24.3 Å². The lowest BCUT2D eigenvalue weighted by atomic mass is 10.2. The van der Waals surface area contributed by atoms with E-state index in [4.69, 9.17) is 10.7 Å². The summed E-state index contributed by atoms with van der Waals surface area (Å²) in [7, 11) is -0.741. The van der Waals surface area contributed by atoms with E-state index in [1.807, 2.05) is 0 Å². The van der Waals surface area contributed by atoms with Crippen molar-refractivity contribution < 1.29 is 16.8 Å². The molecule has 1 aromatic carbocycles. The van der Waals surface area contributed by atoms with E-state index in [2.05, 4.69) is 9.82 Å². The van der Waals surface area contributed by atoms with Crippen LogP contribution in [0.3, 0.4) is 0 Å². The fourth-order valence-electron chi connectivity index (χ4n) is 1.65. The van der Waals surface area contributed by atoms with E-state index >= 15 is 0 Å². The van der Waals surface area contributed by atoms with Gasteiger partial charge in [0.1, 0.15) is 0 Å². The fraction of sp³-hybridized carbons (Fsp3) is 0.182. The van der Waals surface area contributed by atoms with Crippen LogP contribution in [0.4, 0.5) is 0 Å². The Morgan fingerprint density at radius 3 is 2.24 bits per heavy atom. The number of halogens is 1. The van der Waals surface area contributed by atoms with Crippen LogP contribution in [0.5, 0.6) is 0 Å². The molecule has 0 fully saturated rings. The summed E-state index contributed by atoms with van der Waals surface area (Å²) in [6, 6.07) is 6.99. The summed E-state index contributed by atoms with van der Waals surface area (Å²) >= 11 is 0. The highest BCUT2D eigenvalue weighted by Crippen LogP contribution is 2.15. The summed E-state index contributed by atoms with van der Waals surface area (Å²) in [4.78, 5) is -0.0394. The van der Waals surface area contributed by atoms with Crippen molar-refractivity contribution >= 4 is 29.8 Å². The van der Waals surface area contributed by atoms with Crippen LogP contribution in [-0.4, -0.2) is 26.6 Å². The highest BCUT2D eigenvalue weighted by Gasteiger charge is 2.17. The van der Waals surface area contributed by atoms with Crippen LogP contribution in [0, 0.1) is 0 Å². The molecule has 0 unspecified atom stereocenters. The van der Waals surface area contributed by atoms with E-state index in [9.17, 15) is 16.8 Å². The Hall–Kier alpha value is -1.42. The molecular weight excluding hydrogens is 338 g/mol. The van der Waals surface area contributed by atoms with E-state index in [0.29, 0.717) is 5.56 Å². The Kier molecular flexibility index (Phi) is 4.38. The molecule has 1 N–H and O–H groups in total. The minimum Gasteiger partial charge on any atom is -0.256 e. The maximum absolute atomic E-state index is 12.0. The van der Waals surface area contributed by atoms with E-state index in [0.717, 1.165) is 0 Å². The highest BCUT2D eigenvalue weighted by molar-refractivity contribution is 8.13. The molecule has 0 saturated carbocycles. The molecule has 21 heavy (non-hydrogen) atoms. The largest absolute Gasteiger partial charge is 0.261 e. The van der Waals surface area contributed by atoms with Gasteiger partial charge in [-0.3, -0.25) is 4.68 Å². The predicted octanol–water partition coefficient (Wildman–Crippen LogP) is 0.826. The molecule has 1 aromatic heterocycles. The SMILES string of the molecule is Cn1nccc1S(=O)(=O)NCc1ccc(S(=O)(=O)Cl)cc1. The van der Waals surface area contributed by atoms with Crippen molar-refractivity contribution in [3.63, 3.8) is 0 Å². The first kappa shape index (κ1) is 16.0. The number of aromatic nitrogens is 2. The van der Waals surface area contributed by atoms with Crippen LogP contribution in [0.1, 0.15) is 5.56 Å². The minimum atomic E-state index is -3.78. The summed E-state index contributed by atoms with van der Waals surface area (Å²) in [5, 5.41) is 3.84. The highest BCUT2D eigenvalue weighted by atomic mass is 35.7. The van der Waals surface area contributed by atoms with E-state index < -0.39 is 19.1 Å². The topological polar surface area (TPSA) is 98.1 Å². The third-order valence-corrected chi connectivity index (χ3v) is 5.57. The van der Waals surface area contributed by atoms with Gasteiger partial charge in [-0.05, 0) is 23.8 Å². The second kappa shape index (κ2) is 5.76. The number of nitrogens with zero attached hydrogens (tertiary/aromatic N) is 2. The Morgan fingerprint density at radius 1 is 1.14 bits per heavy atom. The third-order valence-electron chi connectivity index (χ3n) is 2.72. The van der Waals surface area contributed by atoms with E-state index in [1.54, 1.807) is 0 Å². The molecule has 0 saturated heterocycles. The Balaban J connectivity index is 2.12. The zero-order valence-electron chi connectivity index (χ0n) is 10.9. The van der Waals surface area contributed by atoms with Gasteiger partial charge < -0.3 is 0 Å². The number of hydrogen-bond donors (Lipinski definition) is 1. The van der Waals surface area contributed by atoms with Crippen molar-refractivity contribution in [3.05, 3.63) is 42.1 Å². The molecule has 0 aliphatic rings. The molecule has 0 amide bonds. The number of aryl methyl sites for hydroxylation is 1. The van der Waals surface area contributed by atoms with Gasteiger partial charge in [-0.2, -0.15) is 5.10 Å². The van der Waals surface area contributed by atoms with Gasteiger partial charge in [0.15, 0.2) is 5.03 Å². The monoisotopic (exact) mass is 349 g/mol. The van der Waals surface area contributed by atoms with E-state index in [-0.39, 0.29) is 16.5 Å². The standard InChI is InChI=1S/C11H12ClN3O4S2/c1-15-11(6-7-13-15)21(18,19)14-8-9-2-4-10(5-3-9)20(12,16)17/h2-7,14H,8H2,1H3. The number of rotatable bonds is 5.